The Hall–Kier alpha value is -1.02. The maximum absolute atomic E-state index is 3.69. The molecule has 1 saturated heterocycles. The molecule has 1 aromatic carbocycles. The summed E-state index contributed by atoms with van der Waals surface area (Å²) in [6.45, 7) is 10.2. The second-order valence-electron chi connectivity index (χ2n) is 5.92. The van der Waals surface area contributed by atoms with Crippen molar-refractivity contribution in [3.05, 3.63) is 29.8 Å². The lowest BCUT2D eigenvalue weighted by atomic mass is 10.0. The molecule has 100 valence electrons. The van der Waals surface area contributed by atoms with Gasteiger partial charge in [-0.2, -0.15) is 0 Å². The van der Waals surface area contributed by atoms with Gasteiger partial charge in [0.2, 0.25) is 0 Å². The summed E-state index contributed by atoms with van der Waals surface area (Å²) in [7, 11) is 0. The average molecular weight is 246 g/mol. The van der Waals surface area contributed by atoms with E-state index in [1.807, 2.05) is 0 Å². The minimum atomic E-state index is 0.655. The summed E-state index contributed by atoms with van der Waals surface area (Å²) < 4.78 is 0. The van der Waals surface area contributed by atoms with E-state index in [0.717, 1.165) is 19.0 Å². The minimum absolute atomic E-state index is 0.655. The second kappa shape index (κ2) is 6.24. The topological polar surface area (TPSA) is 15.3 Å². The Kier molecular flexibility index (Phi) is 4.65. The van der Waals surface area contributed by atoms with Gasteiger partial charge >= 0.3 is 0 Å². The molecule has 2 heteroatoms. The monoisotopic (exact) mass is 246 g/mol. The molecule has 1 atom stereocenters. The fourth-order valence-corrected chi connectivity index (χ4v) is 2.54. The Labute approximate surface area is 111 Å². The zero-order valence-electron chi connectivity index (χ0n) is 11.9. The molecule has 1 aromatic rings. The number of benzene rings is 1. The summed E-state index contributed by atoms with van der Waals surface area (Å²) >= 11 is 0. The van der Waals surface area contributed by atoms with Crippen molar-refractivity contribution in [2.24, 2.45) is 5.92 Å². The summed E-state index contributed by atoms with van der Waals surface area (Å²) in [6.07, 6.45) is 2.61. The maximum Gasteiger partial charge on any atom is 0.0366 e. The lowest BCUT2D eigenvalue weighted by molar-refractivity contribution is 0.399. The highest BCUT2D eigenvalue weighted by molar-refractivity contribution is 5.48. The van der Waals surface area contributed by atoms with E-state index in [0.29, 0.717) is 6.04 Å². The number of nitrogens with zero attached hydrogens (tertiary/aromatic N) is 1. The van der Waals surface area contributed by atoms with Gasteiger partial charge in [0.1, 0.15) is 0 Å². The first-order chi connectivity index (χ1) is 8.65. The van der Waals surface area contributed by atoms with E-state index in [2.05, 4.69) is 55.3 Å². The van der Waals surface area contributed by atoms with E-state index in [1.54, 1.807) is 0 Å². The molecule has 0 radical (unpaired) electrons. The van der Waals surface area contributed by atoms with Crippen molar-refractivity contribution in [1.82, 2.24) is 5.32 Å². The third-order valence-corrected chi connectivity index (χ3v) is 3.64. The molecule has 1 unspecified atom stereocenters. The molecule has 2 nitrogen and oxygen atoms in total. The normalized spacial score (nSPS) is 20.4. The van der Waals surface area contributed by atoms with Crippen molar-refractivity contribution in [3.8, 4) is 0 Å². The molecule has 0 aliphatic carbocycles. The van der Waals surface area contributed by atoms with Crippen LogP contribution in [0.4, 0.5) is 5.69 Å². The fraction of sp³-hybridized carbons (Fsp3) is 0.625. The Bertz CT molecular complexity index is 356. The number of hydrogen-bond donors (Lipinski definition) is 1. The van der Waals surface area contributed by atoms with Gasteiger partial charge in [0.25, 0.3) is 0 Å². The van der Waals surface area contributed by atoms with Crippen molar-refractivity contribution in [2.75, 3.05) is 24.5 Å². The van der Waals surface area contributed by atoms with Gasteiger partial charge in [-0.3, -0.25) is 0 Å². The third-order valence-electron chi connectivity index (χ3n) is 3.64. The molecule has 1 aliphatic heterocycles. The highest BCUT2D eigenvalue weighted by Crippen LogP contribution is 2.20. The number of nitrogens with one attached hydrogen (secondary N) is 1. The van der Waals surface area contributed by atoms with Crippen LogP contribution in [0.25, 0.3) is 0 Å². The smallest absolute Gasteiger partial charge is 0.0366 e. The van der Waals surface area contributed by atoms with Crippen LogP contribution in [0.1, 0.15) is 32.3 Å². The van der Waals surface area contributed by atoms with Gasteiger partial charge in [0.05, 0.1) is 0 Å². The van der Waals surface area contributed by atoms with E-state index in [-0.39, 0.29) is 0 Å². The molecule has 1 fully saturated rings. The van der Waals surface area contributed by atoms with E-state index in [4.69, 9.17) is 0 Å². The molecule has 1 heterocycles. The van der Waals surface area contributed by atoms with Crippen LogP contribution in [0.3, 0.4) is 0 Å². The van der Waals surface area contributed by atoms with Crippen molar-refractivity contribution in [1.29, 1.82) is 0 Å². The molecule has 0 amide bonds. The van der Waals surface area contributed by atoms with Crippen molar-refractivity contribution in [3.63, 3.8) is 0 Å². The first-order valence-electron chi connectivity index (χ1n) is 7.20. The predicted molar refractivity (Wildman–Crippen MR) is 79.3 cm³/mol. The Morgan fingerprint density at radius 2 is 2.00 bits per heavy atom. The largest absolute Gasteiger partial charge is 0.370 e. The highest BCUT2D eigenvalue weighted by atomic mass is 15.2. The zero-order chi connectivity index (χ0) is 13.0. The number of hydrogen-bond acceptors (Lipinski definition) is 2. The SMILES string of the molecule is Cc1ccc(N2CCCC(NCC(C)C)C2)cc1. The fourth-order valence-electron chi connectivity index (χ4n) is 2.54. The first-order valence-corrected chi connectivity index (χ1v) is 7.20. The van der Waals surface area contributed by atoms with Gasteiger partial charge < -0.3 is 10.2 Å². The molecule has 0 bridgehead atoms. The molecule has 0 spiro atoms. The van der Waals surface area contributed by atoms with Crippen LogP contribution >= 0.6 is 0 Å². The van der Waals surface area contributed by atoms with Gasteiger partial charge in [-0.15, -0.1) is 0 Å². The molecule has 1 aliphatic rings. The zero-order valence-corrected chi connectivity index (χ0v) is 11.9. The maximum atomic E-state index is 3.69. The quantitative estimate of drug-likeness (QED) is 0.877. The minimum Gasteiger partial charge on any atom is -0.370 e. The van der Waals surface area contributed by atoms with Crippen molar-refractivity contribution >= 4 is 5.69 Å². The first kappa shape index (κ1) is 13.4. The van der Waals surface area contributed by atoms with Gasteiger partial charge in [-0.25, -0.2) is 0 Å². The molecule has 0 saturated carbocycles. The molecule has 1 N–H and O–H groups in total. The summed E-state index contributed by atoms with van der Waals surface area (Å²) in [5, 5.41) is 3.69. The van der Waals surface area contributed by atoms with E-state index in [1.165, 1.54) is 30.6 Å². The molecule has 0 aromatic heterocycles. The summed E-state index contributed by atoms with van der Waals surface area (Å²) in [6, 6.07) is 9.57. The standard InChI is InChI=1S/C16H26N2/c1-13(2)11-17-15-5-4-10-18(12-15)16-8-6-14(3)7-9-16/h6-9,13,15,17H,4-5,10-12H2,1-3H3. The van der Waals surface area contributed by atoms with Gasteiger partial charge in [0, 0.05) is 24.8 Å². The van der Waals surface area contributed by atoms with E-state index in [9.17, 15) is 0 Å². The molecule has 18 heavy (non-hydrogen) atoms. The summed E-state index contributed by atoms with van der Waals surface area (Å²) in [5.41, 5.74) is 2.71. The van der Waals surface area contributed by atoms with Crippen LogP contribution in [0.5, 0.6) is 0 Å². The molecule has 2 rings (SSSR count). The van der Waals surface area contributed by atoms with E-state index < -0.39 is 0 Å². The Balaban J connectivity index is 1.91. The van der Waals surface area contributed by atoms with Crippen LogP contribution in [0.2, 0.25) is 0 Å². The predicted octanol–water partition coefficient (Wildman–Crippen LogP) is 3.21. The van der Waals surface area contributed by atoms with Crippen LogP contribution in [0, 0.1) is 12.8 Å². The summed E-state index contributed by atoms with van der Waals surface area (Å²) in [5.74, 6) is 0.736. The van der Waals surface area contributed by atoms with Gasteiger partial charge in [0.15, 0.2) is 0 Å². The third kappa shape index (κ3) is 3.74. The van der Waals surface area contributed by atoms with Gasteiger partial charge in [-0.1, -0.05) is 31.5 Å². The van der Waals surface area contributed by atoms with Crippen LogP contribution < -0.4 is 10.2 Å². The number of aryl methyl sites for hydroxylation is 1. The average Bonchev–Trinajstić information content (AvgIpc) is 2.37. The number of rotatable bonds is 4. The highest BCUT2D eigenvalue weighted by Gasteiger charge is 2.19. The van der Waals surface area contributed by atoms with Crippen LogP contribution in [0.15, 0.2) is 24.3 Å². The van der Waals surface area contributed by atoms with Crippen LogP contribution in [-0.4, -0.2) is 25.7 Å². The number of piperidine rings is 1. The van der Waals surface area contributed by atoms with Crippen LogP contribution in [-0.2, 0) is 0 Å². The Morgan fingerprint density at radius 1 is 1.28 bits per heavy atom. The lowest BCUT2D eigenvalue weighted by Crippen LogP contribution is -2.46. The molecular weight excluding hydrogens is 220 g/mol. The summed E-state index contributed by atoms with van der Waals surface area (Å²) in [4.78, 5) is 2.51. The lowest BCUT2D eigenvalue weighted by Gasteiger charge is -2.35. The Morgan fingerprint density at radius 3 is 2.67 bits per heavy atom. The number of anilines is 1. The van der Waals surface area contributed by atoms with Gasteiger partial charge in [-0.05, 0) is 44.4 Å². The molecular formula is C16H26N2. The second-order valence-corrected chi connectivity index (χ2v) is 5.92. The van der Waals surface area contributed by atoms with Crippen molar-refractivity contribution in [2.45, 2.75) is 39.7 Å². The van der Waals surface area contributed by atoms with E-state index >= 15 is 0 Å². The van der Waals surface area contributed by atoms with Crippen molar-refractivity contribution < 1.29 is 0 Å².